The second-order valence-corrected chi connectivity index (χ2v) is 4.67. The van der Waals surface area contributed by atoms with Crippen LogP contribution in [0.3, 0.4) is 0 Å². The summed E-state index contributed by atoms with van der Waals surface area (Å²) in [5, 5.41) is 9.97. The maximum absolute atomic E-state index is 9.23. The molecule has 2 rings (SSSR count). The molecule has 1 N–H and O–H groups in total. The van der Waals surface area contributed by atoms with Crippen molar-refractivity contribution in [2.24, 2.45) is 0 Å². The van der Waals surface area contributed by atoms with Crippen LogP contribution in [0.5, 0.6) is 0 Å². The molecule has 18 heavy (non-hydrogen) atoms. The molecule has 0 aliphatic heterocycles. The van der Waals surface area contributed by atoms with Gasteiger partial charge in [-0.15, -0.1) is 0 Å². The summed E-state index contributed by atoms with van der Waals surface area (Å²) >= 11 is 5.88. The fourth-order valence-electron chi connectivity index (χ4n) is 1.71. The highest BCUT2D eigenvalue weighted by atomic mass is 35.5. The van der Waals surface area contributed by atoms with Crippen molar-refractivity contribution in [3.8, 4) is 11.1 Å². The Morgan fingerprint density at radius 2 is 1.78 bits per heavy atom. The maximum Gasteiger partial charge on any atom is 0.0696 e. The first-order valence-electron chi connectivity index (χ1n) is 5.87. The molecule has 2 heteroatoms. The first-order chi connectivity index (χ1) is 8.65. The molecule has 0 heterocycles. The van der Waals surface area contributed by atoms with E-state index in [2.05, 4.69) is 12.1 Å². The zero-order valence-electron chi connectivity index (χ0n) is 10.2. The summed E-state index contributed by atoms with van der Waals surface area (Å²) in [6.07, 6.45) is 3.26. The van der Waals surface area contributed by atoms with E-state index in [1.807, 2.05) is 42.5 Å². The largest absolute Gasteiger partial charge is 0.389 e. The fourth-order valence-corrected chi connectivity index (χ4v) is 1.84. The summed E-state index contributed by atoms with van der Waals surface area (Å²) in [6.45, 7) is 1.74. The molecule has 1 atom stereocenters. The van der Waals surface area contributed by atoms with Crippen LogP contribution in [0.15, 0.2) is 54.6 Å². The summed E-state index contributed by atoms with van der Waals surface area (Å²) in [7, 11) is 0. The molecule has 2 aromatic carbocycles. The van der Waals surface area contributed by atoms with E-state index in [1.54, 1.807) is 13.0 Å². The topological polar surface area (TPSA) is 20.2 Å². The normalized spacial score (nSPS) is 12.8. The molecule has 0 spiro atoms. The van der Waals surface area contributed by atoms with Crippen LogP contribution in [0, 0.1) is 0 Å². The molecule has 92 valence electrons. The lowest BCUT2D eigenvalue weighted by Crippen LogP contribution is -1.91. The van der Waals surface area contributed by atoms with E-state index in [0.29, 0.717) is 0 Å². The Hall–Kier alpha value is -1.57. The van der Waals surface area contributed by atoms with Crippen molar-refractivity contribution >= 4 is 17.7 Å². The molecule has 0 radical (unpaired) electrons. The van der Waals surface area contributed by atoms with Gasteiger partial charge in [-0.2, -0.15) is 0 Å². The van der Waals surface area contributed by atoms with Gasteiger partial charge in [0.25, 0.3) is 0 Å². The fraction of sp³-hybridized carbons (Fsp3) is 0.125. The monoisotopic (exact) mass is 258 g/mol. The van der Waals surface area contributed by atoms with Crippen LogP contribution in [-0.2, 0) is 0 Å². The van der Waals surface area contributed by atoms with Crippen molar-refractivity contribution in [3.63, 3.8) is 0 Å². The minimum atomic E-state index is -0.427. The average molecular weight is 259 g/mol. The van der Waals surface area contributed by atoms with Crippen molar-refractivity contribution in [1.29, 1.82) is 0 Å². The van der Waals surface area contributed by atoms with Gasteiger partial charge in [-0.05, 0) is 41.8 Å². The van der Waals surface area contributed by atoms with Crippen LogP contribution in [0.1, 0.15) is 12.5 Å². The van der Waals surface area contributed by atoms with E-state index in [-0.39, 0.29) is 0 Å². The van der Waals surface area contributed by atoms with Gasteiger partial charge in [0.15, 0.2) is 0 Å². The van der Waals surface area contributed by atoms with E-state index in [9.17, 15) is 5.11 Å². The zero-order valence-corrected chi connectivity index (χ0v) is 10.9. The molecule has 0 unspecified atom stereocenters. The predicted molar refractivity (Wildman–Crippen MR) is 77.6 cm³/mol. The lowest BCUT2D eigenvalue weighted by Gasteiger charge is -2.03. The van der Waals surface area contributed by atoms with Crippen molar-refractivity contribution in [2.75, 3.05) is 0 Å². The van der Waals surface area contributed by atoms with Gasteiger partial charge in [0.05, 0.1) is 6.10 Å². The summed E-state index contributed by atoms with van der Waals surface area (Å²) < 4.78 is 0. The highest BCUT2D eigenvalue weighted by Gasteiger charge is 1.98. The molecular formula is C16H15ClO. The number of benzene rings is 2. The molecule has 0 amide bonds. The zero-order chi connectivity index (χ0) is 13.0. The van der Waals surface area contributed by atoms with Gasteiger partial charge in [0.1, 0.15) is 0 Å². The Morgan fingerprint density at radius 1 is 1.06 bits per heavy atom. The minimum absolute atomic E-state index is 0.427. The third kappa shape index (κ3) is 3.46. The summed E-state index contributed by atoms with van der Waals surface area (Å²) in [6, 6.07) is 15.9. The van der Waals surface area contributed by atoms with E-state index in [0.717, 1.165) is 21.7 Å². The molecule has 1 nitrogen and oxygen atoms in total. The Kier molecular flexibility index (Phi) is 4.19. The van der Waals surface area contributed by atoms with Crippen molar-refractivity contribution in [2.45, 2.75) is 13.0 Å². The number of aliphatic hydroxyl groups is 1. The predicted octanol–water partition coefficient (Wildman–Crippen LogP) is 4.40. The van der Waals surface area contributed by atoms with E-state index >= 15 is 0 Å². The maximum atomic E-state index is 9.23. The number of rotatable bonds is 3. The van der Waals surface area contributed by atoms with Gasteiger partial charge in [-0.3, -0.25) is 0 Å². The first kappa shape index (κ1) is 12.9. The summed E-state index contributed by atoms with van der Waals surface area (Å²) in [5.74, 6) is 0. The van der Waals surface area contributed by atoms with Crippen molar-refractivity contribution in [1.82, 2.24) is 0 Å². The van der Waals surface area contributed by atoms with Crippen molar-refractivity contribution in [3.05, 3.63) is 65.2 Å². The number of halogens is 1. The summed E-state index contributed by atoms with van der Waals surface area (Å²) in [5.41, 5.74) is 3.34. The molecule has 0 bridgehead atoms. The van der Waals surface area contributed by atoms with E-state index in [4.69, 9.17) is 11.6 Å². The average Bonchev–Trinajstić information content (AvgIpc) is 2.37. The van der Waals surface area contributed by atoms with Gasteiger partial charge in [0, 0.05) is 5.02 Å². The second kappa shape index (κ2) is 5.85. The third-order valence-electron chi connectivity index (χ3n) is 2.63. The SMILES string of the molecule is C[C@@H](O)/C=C/c1cccc(-c2ccc(Cl)cc2)c1. The van der Waals surface area contributed by atoms with Crippen LogP contribution < -0.4 is 0 Å². The Balaban J connectivity index is 2.29. The molecule has 0 aromatic heterocycles. The highest BCUT2D eigenvalue weighted by Crippen LogP contribution is 2.22. The Morgan fingerprint density at radius 3 is 2.44 bits per heavy atom. The quantitative estimate of drug-likeness (QED) is 0.865. The Labute approximate surface area is 112 Å². The summed E-state index contributed by atoms with van der Waals surface area (Å²) in [4.78, 5) is 0. The molecule has 0 fully saturated rings. The minimum Gasteiger partial charge on any atom is -0.389 e. The number of hydrogen-bond acceptors (Lipinski definition) is 1. The molecular weight excluding hydrogens is 244 g/mol. The van der Waals surface area contributed by atoms with Gasteiger partial charge in [-0.25, -0.2) is 0 Å². The molecule has 0 saturated carbocycles. The highest BCUT2D eigenvalue weighted by molar-refractivity contribution is 6.30. The van der Waals surface area contributed by atoms with Gasteiger partial charge in [0.2, 0.25) is 0 Å². The lowest BCUT2D eigenvalue weighted by molar-refractivity contribution is 0.245. The molecule has 2 aromatic rings. The van der Waals surface area contributed by atoms with Crippen LogP contribution in [0.25, 0.3) is 17.2 Å². The van der Waals surface area contributed by atoms with Crippen LogP contribution >= 0.6 is 11.6 Å². The van der Waals surface area contributed by atoms with E-state index in [1.165, 1.54) is 0 Å². The lowest BCUT2D eigenvalue weighted by atomic mass is 10.0. The standard InChI is InChI=1S/C16H15ClO/c1-12(18)5-6-13-3-2-4-15(11-13)14-7-9-16(17)10-8-14/h2-12,18H,1H3/b6-5+/t12-/m1/s1. The molecule has 0 saturated heterocycles. The molecule has 0 aliphatic carbocycles. The smallest absolute Gasteiger partial charge is 0.0696 e. The van der Waals surface area contributed by atoms with Crippen LogP contribution in [-0.4, -0.2) is 11.2 Å². The Bertz CT molecular complexity index is 541. The van der Waals surface area contributed by atoms with Crippen molar-refractivity contribution < 1.29 is 5.11 Å². The number of aliphatic hydroxyl groups excluding tert-OH is 1. The van der Waals surface area contributed by atoms with Gasteiger partial charge < -0.3 is 5.11 Å². The first-order valence-corrected chi connectivity index (χ1v) is 6.25. The molecule has 0 aliphatic rings. The second-order valence-electron chi connectivity index (χ2n) is 4.23. The van der Waals surface area contributed by atoms with Crippen LogP contribution in [0.4, 0.5) is 0 Å². The third-order valence-corrected chi connectivity index (χ3v) is 2.88. The van der Waals surface area contributed by atoms with Gasteiger partial charge in [-0.1, -0.05) is 54.1 Å². The van der Waals surface area contributed by atoms with Crippen LogP contribution in [0.2, 0.25) is 5.02 Å². The number of hydrogen-bond donors (Lipinski definition) is 1. The van der Waals surface area contributed by atoms with Gasteiger partial charge >= 0.3 is 0 Å². The van der Waals surface area contributed by atoms with E-state index < -0.39 is 6.10 Å².